The number of rotatable bonds is 10. The van der Waals surface area contributed by atoms with Crippen LogP contribution >= 0.6 is 0 Å². The van der Waals surface area contributed by atoms with Gasteiger partial charge in [-0.15, -0.1) is 0 Å². The zero-order chi connectivity index (χ0) is 29.3. The molecule has 0 amide bonds. The van der Waals surface area contributed by atoms with Crippen LogP contribution in [0.25, 0.3) is 0 Å². The summed E-state index contributed by atoms with van der Waals surface area (Å²) in [5.74, 6) is 1.73. The quantitative estimate of drug-likeness (QED) is 0.169. The number of phenolic OH excluding ortho intramolecular Hbond substituents is 2. The third-order valence-electron chi connectivity index (χ3n) is 6.48. The summed E-state index contributed by atoms with van der Waals surface area (Å²) < 4.78 is 6.30. The molecule has 5 aromatic rings. The third-order valence-corrected chi connectivity index (χ3v) is 6.48. The van der Waals surface area contributed by atoms with Crippen molar-refractivity contribution in [3.8, 4) is 23.0 Å². The average molecular weight is 553 g/mol. The molecule has 0 aliphatic heterocycles. The van der Waals surface area contributed by atoms with E-state index < -0.39 is 0 Å². The highest BCUT2D eigenvalue weighted by Crippen LogP contribution is 2.38. The number of benzene rings is 5. The van der Waals surface area contributed by atoms with Gasteiger partial charge in [0.25, 0.3) is 0 Å². The van der Waals surface area contributed by atoms with E-state index in [2.05, 4.69) is 11.5 Å². The molecule has 0 spiro atoms. The smallest absolute Gasteiger partial charge is 0.129 e. The Morgan fingerprint density at radius 2 is 1.21 bits per heavy atom. The zero-order valence-electron chi connectivity index (χ0n) is 23.3. The van der Waals surface area contributed by atoms with Crippen LogP contribution in [0.5, 0.6) is 23.0 Å². The topological polar surface area (TPSA) is 56.2 Å². The van der Waals surface area contributed by atoms with Gasteiger partial charge in [-0.25, -0.2) is 0 Å². The fourth-order valence-electron chi connectivity index (χ4n) is 4.72. The molecule has 0 saturated carbocycles. The molecule has 5 nitrogen and oxygen atoms in total. The summed E-state index contributed by atoms with van der Waals surface area (Å²) >= 11 is 0. The van der Waals surface area contributed by atoms with Gasteiger partial charge in [0, 0.05) is 52.3 Å². The highest BCUT2D eigenvalue weighted by molar-refractivity contribution is 5.78. The molecule has 5 heteroatoms. The summed E-state index contributed by atoms with van der Waals surface area (Å²) in [5.41, 5.74) is 5.29. The predicted octanol–water partition coefficient (Wildman–Crippen LogP) is 10.1. The lowest BCUT2D eigenvalue weighted by Crippen LogP contribution is -2.15. The van der Waals surface area contributed by atoms with Crippen LogP contribution in [-0.4, -0.2) is 10.2 Å². The van der Waals surface area contributed by atoms with Crippen molar-refractivity contribution in [3.05, 3.63) is 164 Å². The van der Waals surface area contributed by atoms with E-state index >= 15 is 0 Å². The van der Waals surface area contributed by atoms with Crippen LogP contribution in [0.2, 0.25) is 0 Å². The van der Waals surface area contributed by atoms with Crippen molar-refractivity contribution in [2.75, 3.05) is 9.80 Å². The van der Waals surface area contributed by atoms with Gasteiger partial charge >= 0.3 is 0 Å². The summed E-state index contributed by atoms with van der Waals surface area (Å²) in [5, 5.41) is 20.3. The first-order valence-electron chi connectivity index (χ1n) is 13.6. The number of phenols is 2. The normalized spacial score (nSPS) is 11.3. The van der Waals surface area contributed by atoms with Crippen LogP contribution in [0, 0.1) is 0 Å². The van der Waals surface area contributed by atoms with Crippen molar-refractivity contribution in [1.29, 1.82) is 0 Å². The van der Waals surface area contributed by atoms with Crippen LogP contribution in [-0.2, 0) is 0 Å². The van der Waals surface area contributed by atoms with Gasteiger partial charge in [-0.05, 0) is 91.9 Å². The first-order valence-corrected chi connectivity index (χ1v) is 13.6. The van der Waals surface area contributed by atoms with Gasteiger partial charge in [0.15, 0.2) is 0 Å². The first kappa shape index (κ1) is 27.9. The number of aromatic hydroxyl groups is 2. The van der Waals surface area contributed by atoms with Gasteiger partial charge in [-0.1, -0.05) is 55.1 Å². The lowest BCUT2D eigenvalue weighted by atomic mass is 10.1. The Morgan fingerprint density at radius 3 is 1.86 bits per heavy atom. The molecule has 0 radical (unpaired) electrons. The molecular formula is C37H32N2O3. The fourth-order valence-corrected chi connectivity index (χ4v) is 4.72. The minimum atomic E-state index is 0.186. The molecule has 0 atom stereocenters. The van der Waals surface area contributed by atoms with Gasteiger partial charge in [0.2, 0.25) is 0 Å². The molecule has 0 aromatic heterocycles. The second-order valence-corrected chi connectivity index (χ2v) is 9.47. The van der Waals surface area contributed by atoms with Crippen molar-refractivity contribution >= 4 is 28.4 Å². The number of nitrogens with zero attached hydrogens (tertiary/aromatic N) is 2. The van der Waals surface area contributed by atoms with Crippen LogP contribution < -0.4 is 14.5 Å². The molecular weight excluding hydrogens is 520 g/mol. The predicted molar refractivity (Wildman–Crippen MR) is 173 cm³/mol. The van der Waals surface area contributed by atoms with Crippen molar-refractivity contribution in [2.45, 2.75) is 6.92 Å². The number of anilines is 5. The summed E-state index contributed by atoms with van der Waals surface area (Å²) in [6.07, 6.45) is 7.62. The van der Waals surface area contributed by atoms with Gasteiger partial charge in [0.1, 0.15) is 23.0 Å². The lowest BCUT2D eigenvalue weighted by molar-refractivity contribution is 0.475. The van der Waals surface area contributed by atoms with Crippen molar-refractivity contribution < 1.29 is 14.9 Å². The van der Waals surface area contributed by atoms with E-state index in [1.165, 1.54) is 0 Å². The standard InChI is InChI=1S/C37H32N2O3/c1-3-11-28(12-4-2)38(31-15-8-18-34(40)25-31)30-21-23-36(24-22-30)42-37-20-10-17-33(27-37)39(29-13-6-5-7-14-29)32-16-9-19-35(41)26-32/h3-27,40-41H,1H2,2H3/b12-4-,28-11+. The van der Waals surface area contributed by atoms with Crippen LogP contribution in [0.4, 0.5) is 28.4 Å². The second kappa shape index (κ2) is 13.1. The Balaban J connectivity index is 1.46. The van der Waals surface area contributed by atoms with Crippen molar-refractivity contribution in [1.82, 2.24) is 0 Å². The molecule has 2 N–H and O–H groups in total. The number of ether oxygens (including phenoxy) is 1. The summed E-state index contributed by atoms with van der Waals surface area (Å²) in [6, 6.07) is 40.0. The SMILES string of the molecule is C=C/C=C(\C=C/C)N(c1ccc(Oc2cccc(N(c3ccccc3)c3cccc(O)c3)c2)cc1)c1cccc(O)c1. The van der Waals surface area contributed by atoms with E-state index in [-0.39, 0.29) is 11.5 Å². The Morgan fingerprint density at radius 1 is 0.619 bits per heavy atom. The van der Waals surface area contributed by atoms with Gasteiger partial charge < -0.3 is 24.7 Å². The van der Waals surface area contributed by atoms with Gasteiger partial charge in [-0.3, -0.25) is 0 Å². The van der Waals surface area contributed by atoms with E-state index in [4.69, 9.17) is 4.74 Å². The molecule has 5 rings (SSSR count). The highest BCUT2D eigenvalue weighted by Gasteiger charge is 2.15. The Bertz CT molecular complexity index is 1710. The summed E-state index contributed by atoms with van der Waals surface area (Å²) in [6.45, 7) is 5.83. The van der Waals surface area contributed by atoms with Gasteiger partial charge in [-0.2, -0.15) is 0 Å². The van der Waals surface area contributed by atoms with Gasteiger partial charge in [0.05, 0.1) is 0 Å². The van der Waals surface area contributed by atoms with E-state index in [1.54, 1.807) is 30.3 Å². The number of hydrogen-bond donors (Lipinski definition) is 2. The van der Waals surface area contributed by atoms with Crippen molar-refractivity contribution in [3.63, 3.8) is 0 Å². The maximum absolute atomic E-state index is 10.2. The van der Waals surface area contributed by atoms with Crippen molar-refractivity contribution in [2.24, 2.45) is 0 Å². The van der Waals surface area contributed by atoms with Crippen LogP contribution in [0.1, 0.15) is 6.92 Å². The Labute approximate surface area is 246 Å². The molecule has 0 fully saturated rings. The minimum absolute atomic E-state index is 0.186. The number of hydrogen-bond acceptors (Lipinski definition) is 5. The van der Waals surface area contributed by atoms with Crippen LogP contribution in [0.15, 0.2) is 164 Å². The number of para-hydroxylation sites is 1. The summed E-state index contributed by atoms with van der Waals surface area (Å²) in [4.78, 5) is 4.11. The average Bonchev–Trinajstić information content (AvgIpc) is 3.00. The molecule has 0 aliphatic carbocycles. The molecule has 0 saturated heterocycles. The molecule has 0 heterocycles. The molecule has 0 unspecified atom stereocenters. The summed E-state index contributed by atoms with van der Waals surface area (Å²) in [7, 11) is 0. The maximum Gasteiger partial charge on any atom is 0.129 e. The van der Waals surface area contributed by atoms with Crippen LogP contribution in [0.3, 0.4) is 0 Å². The Kier molecular flexibility index (Phi) is 8.70. The second-order valence-electron chi connectivity index (χ2n) is 9.47. The number of allylic oxidation sites excluding steroid dienone is 4. The minimum Gasteiger partial charge on any atom is -0.508 e. The molecule has 42 heavy (non-hydrogen) atoms. The largest absolute Gasteiger partial charge is 0.508 e. The maximum atomic E-state index is 10.2. The van der Waals surface area contributed by atoms with E-state index in [0.29, 0.717) is 11.5 Å². The molecule has 208 valence electrons. The van der Waals surface area contributed by atoms with E-state index in [0.717, 1.165) is 34.1 Å². The molecule has 5 aromatic carbocycles. The van der Waals surface area contributed by atoms with E-state index in [9.17, 15) is 10.2 Å². The molecule has 0 bridgehead atoms. The zero-order valence-corrected chi connectivity index (χ0v) is 23.3. The third kappa shape index (κ3) is 6.54. The lowest BCUT2D eigenvalue weighted by Gasteiger charge is -2.27. The highest BCUT2D eigenvalue weighted by atomic mass is 16.5. The fraction of sp³-hybridized carbons (Fsp3) is 0.0270. The monoisotopic (exact) mass is 552 g/mol. The van der Waals surface area contributed by atoms with E-state index in [1.807, 2.05) is 133 Å². The first-order chi connectivity index (χ1) is 20.6. The Hall–Kier alpha value is -5.68. The molecule has 0 aliphatic rings.